The number of hydrogen-bond acceptors (Lipinski definition) is 3. The number of allylic oxidation sites excluding steroid dienone is 1. The van der Waals surface area contributed by atoms with E-state index in [1.54, 1.807) is 13.8 Å². The predicted octanol–water partition coefficient (Wildman–Crippen LogP) is 1.97. The lowest BCUT2D eigenvalue weighted by molar-refractivity contribution is -0.162. The van der Waals surface area contributed by atoms with E-state index in [0.29, 0.717) is 6.61 Å². The largest absolute Gasteiger partial charge is 0.465 e. The van der Waals surface area contributed by atoms with Gasteiger partial charge in [-0.25, -0.2) is 0 Å². The van der Waals surface area contributed by atoms with Crippen molar-refractivity contribution < 1.29 is 14.3 Å². The second-order valence-electron chi connectivity index (χ2n) is 4.89. The first-order valence-electron chi connectivity index (χ1n) is 5.91. The average Bonchev–Trinajstić information content (AvgIpc) is 2.77. The number of rotatable bonds is 3. The molecule has 4 atom stereocenters. The molecule has 0 aromatic rings. The zero-order chi connectivity index (χ0) is 11.9. The Morgan fingerprint density at radius 3 is 2.81 bits per heavy atom. The fourth-order valence-corrected chi connectivity index (χ4v) is 3.43. The van der Waals surface area contributed by atoms with Gasteiger partial charge in [0.2, 0.25) is 0 Å². The van der Waals surface area contributed by atoms with Gasteiger partial charge in [-0.15, -0.1) is 6.58 Å². The third-order valence-corrected chi connectivity index (χ3v) is 4.28. The first-order chi connectivity index (χ1) is 7.57. The summed E-state index contributed by atoms with van der Waals surface area (Å²) in [5.41, 5.74) is -0.919. The predicted molar refractivity (Wildman–Crippen MR) is 59.6 cm³/mol. The van der Waals surface area contributed by atoms with E-state index in [9.17, 15) is 9.59 Å². The van der Waals surface area contributed by atoms with Gasteiger partial charge in [-0.2, -0.15) is 0 Å². The van der Waals surface area contributed by atoms with Crippen molar-refractivity contribution in [1.29, 1.82) is 0 Å². The lowest BCUT2D eigenvalue weighted by atomic mass is 9.73. The molecule has 0 amide bonds. The third kappa shape index (κ3) is 1.20. The van der Waals surface area contributed by atoms with E-state index in [1.165, 1.54) is 0 Å². The number of ether oxygens (including phenoxy) is 1. The zero-order valence-electron chi connectivity index (χ0n) is 9.86. The van der Waals surface area contributed by atoms with Gasteiger partial charge in [0.05, 0.1) is 6.61 Å². The maximum Gasteiger partial charge on any atom is 0.319 e. The maximum absolute atomic E-state index is 12.2. The van der Waals surface area contributed by atoms with Crippen molar-refractivity contribution in [3.8, 4) is 0 Å². The van der Waals surface area contributed by atoms with Crippen molar-refractivity contribution in [2.75, 3.05) is 6.61 Å². The van der Waals surface area contributed by atoms with Crippen molar-refractivity contribution in [1.82, 2.24) is 0 Å². The van der Waals surface area contributed by atoms with Crippen LogP contribution in [0.2, 0.25) is 0 Å². The molecule has 0 heterocycles. The summed E-state index contributed by atoms with van der Waals surface area (Å²) in [7, 11) is 0. The van der Waals surface area contributed by atoms with Crippen molar-refractivity contribution in [2.24, 2.45) is 23.2 Å². The number of ketones is 1. The van der Waals surface area contributed by atoms with Gasteiger partial charge in [0.15, 0.2) is 5.78 Å². The van der Waals surface area contributed by atoms with Crippen LogP contribution in [0.25, 0.3) is 0 Å². The molecule has 0 aliphatic heterocycles. The molecule has 3 nitrogen and oxygen atoms in total. The molecule has 2 fully saturated rings. The second-order valence-corrected chi connectivity index (χ2v) is 4.89. The van der Waals surface area contributed by atoms with Crippen LogP contribution < -0.4 is 0 Å². The van der Waals surface area contributed by atoms with Crippen molar-refractivity contribution in [2.45, 2.75) is 26.7 Å². The first kappa shape index (κ1) is 11.4. The van der Waals surface area contributed by atoms with Crippen LogP contribution in [0.15, 0.2) is 12.7 Å². The van der Waals surface area contributed by atoms with Crippen LogP contribution in [0.5, 0.6) is 0 Å². The van der Waals surface area contributed by atoms with Crippen LogP contribution in [-0.4, -0.2) is 18.4 Å². The van der Waals surface area contributed by atoms with Gasteiger partial charge >= 0.3 is 5.97 Å². The van der Waals surface area contributed by atoms with Crippen LogP contribution in [-0.2, 0) is 14.3 Å². The Bertz CT molecular complexity index is 347. The van der Waals surface area contributed by atoms with Crippen LogP contribution in [0.1, 0.15) is 26.7 Å². The number of Topliss-reactive ketones (excluding diaryl/α,β-unsaturated/α-hetero) is 1. The summed E-state index contributed by atoms with van der Waals surface area (Å²) in [6.07, 6.45) is 3.67. The molecule has 0 aromatic carbocycles. The van der Waals surface area contributed by atoms with E-state index >= 15 is 0 Å². The standard InChI is InChI=1S/C13H18O3/c1-4-8-9-6-7-10(8)13(3,11(9)14)12(15)16-5-2/h4,8-10H,1,5-7H2,2-3H3/t8-,9-,10+,13+/m0/s1. The maximum atomic E-state index is 12.2. The molecule has 0 saturated heterocycles. The van der Waals surface area contributed by atoms with Crippen molar-refractivity contribution >= 4 is 11.8 Å². The quantitative estimate of drug-likeness (QED) is 0.416. The topological polar surface area (TPSA) is 43.4 Å². The van der Waals surface area contributed by atoms with E-state index in [4.69, 9.17) is 4.74 Å². The molecule has 2 rings (SSSR count). The monoisotopic (exact) mass is 222 g/mol. The summed E-state index contributed by atoms with van der Waals surface area (Å²) in [5.74, 6) is -0.0217. The van der Waals surface area contributed by atoms with Crippen LogP contribution in [0, 0.1) is 23.2 Å². The van der Waals surface area contributed by atoms with Gasteiger partial charge in [0.25, 0.3) is 0 Å². The summed E-state index contributed by atoms with van der Waals surface area (Å²) in [6, 6.07) is 0. The summed E-state index contributed by atoms with van der Waals surface area (Å²) in [5, 5.41) is 0. The highest BCUT2D eigenvalue weighted by Gasteiger charge is 2.64. The Morgan fingerprint density at radius 2 is 2.31 bits per heavy atom. The number of esters is 1. The average molecular weight is 222 g/mol. The first-order valence-corrected chi connectivity index (χ1v) is 5.91. The molecular weight excluding hydrogens is 204 g/mol. The van der Waals surface area contributed by atoms with Gasteiger partial charge in [-0.3, -0.25) is 9.59 Å². The van der Waals surface area contributed by atoms with Gasteiger partial charge in [0.1, 0.15) is 5.41 Å². The molecule has 2 bridgehead atoms. The van der Waals surface area contributed by atoms with Crippen molar-refractivity contribution in [3.05, 3.63) is 12.7 Å². The molecule has 2 aliphatic carbocycles. The highest BCUT2D eigenvalue weighted by Crippen LogP contribution is 2.57. The smallest absolute Gasteiger partial charge is 0.319 e. The number of carbonyl (C=O) groups excluding carboxylic acids is 2. The van der Waals surface area contributed by atoms with Gasteiger partial charge in [-0.05, 0) is 38.5 Å². The van der Waals surface area contributed by atoms with E-state index < -0.39 is 5.41 Å². The molecule has 0 N–H and O–H groups in total. The Kier molecular flexibility index (Phi) is 2.64. The fraction of sp³-hybridized carbons (Fsp3) is 0.692. The lowest BCUT2D eigenvalue weighted by Gasteiger charge is -2.30. The lowest BCUT2D eigenvalue weighted by Crippen LogP contribution is -2.42. The van der Waals surface area contributed by atoms with Crippen LogP contribution in [0.3, 0.4) is 0 Å². The molecule has 2 saturated carbocycles. The zero-order valence-corrected chi connectivity index (χ0v) is 9.86. The molecule has 0 spiro atoms. The normalized spacial score (nSPS) is 41.1. The Hall–Kier alpha value is -1.12. The molecule has 0 radical (unpaired) electrons. The summed E-state index contributed by atoms with van der Waals surface area (Å²) < 4.78 is 5.05. The minimum atomic E-state index is -0.919. The molecule has 0 unspecified atom stereocenters. The molecule has 2 aliphatic rings. The fourth-order valence-electron chi connectivity index (χ4n) is 3.43. The van der Waals surface area contributed by atoms with E-state index in [1.807, 2.05) is 6.08 Å². The molecule has 16 heavy (non-hydrogen) atoms. The number of hydrogen-bond donors (Lipinski definition) is 0. The summed E-state index contributed by atoms with van der Waals surface area (Å²) >= 11 is 0. The highest BCUT2D eigenvalue weighted by atomic mass is 16.5. The van der Waals surface area contributed by atoms with Gasteiger partial charge in [-0.1, -0.05) is 6.08 Å². The molecule has 88 valence electrons. The minimum absolute atomic E-state index is 0.00286. The van der Waals surface area contributed by atoms with E-state index in [2.05, 4.69) is 6.58 Å². The van der Waals surface area contributed by atoms with Gasteiger partial charge in [0, 0.05) is 5.92 Å². The number of carbonyl (C=O) groups is 2. The summed E-state index contributed by atoms with van der Waals surface area (Å²) in [6.45, 7) is 7.63. The molecular formula is C13H18O3. The van der Waals surface area contributed by atoms with E-state index in [-0.39, 0.29) is 29.5 Å². The van der Waals surface area contributed by atoms with E-state index in [0.717, 1.165) is 12.8 Å². The van der Waals surface area contributed by atoms with Gasteiger partial charge < -0.3 is 4.74 Å². The minimum Gasteiger partial charge on any atom is -0.465 e. The van der Waals surface area contributed by atoms with Crippen LogP contribution in [0.4, 0.5) is 0 Å². The Balaban J connectivity index is 2.32. The third-order valence-electron chi connectivity index (χ3n) is 4.28. The highest BCUT2D eigenvalue weighted by molar-refractivity contribution is 6.07. The molecule has 0 aromatic heterocycles. The van der Waals surface area contributed by atoms with Crippen LogP contribution >= 0.6 is 0 Å². The number of fused-ring (bicyclic) bond motifs is 2. The Labute approximate surface area is 95.9 Å². The summed E-state index contributed by atoms with van der Waals surface area (Å²) in [4.78, 5) is 24.2. The SMILES string of the molecule is C=C[C@H]1[C@@H]2CC[C@H]1[C@@](C)(C(=O)OCC)C2=O. The second kappa shape index (κ2) is 3.72. The molecule has 3 heteroatoms. The van der Waals surface area contributed by atoms with Crippen molar-refractivity contribution in [3.63, 3.8) is 0 Å². The Morgan fingerprint density at radius 1 is 1.62 bits per heavy atom.